The third-order valence-electron chi connectivity index (χ3n) is 2.49. The van der Waals surface area contributed by atoms with Gasteiger partial charge in [0.15, 0.2) is 11.6 Å². The minimum Gasteiger partial charge on any atom is -0.505 e. The van der Waals surface area contributed by atoms with E-state index in [0.29, 0.717) is 6.07 Å². The van der Waals surface area contributed by atoms with Crippen molar-refractivity contribution in [3.8, 4) is 5.75 Å². The molecule has 0 aliphatic carbocycles. The monoisotopic (exact) mass is 279 g/mol. The summed E-state index contributed by atoms with van der Waals surface area (Å²) in [4.78, 5) is 11.5. The molecular weight excluding hydrogens is 268 g/mol. The number of phenolic OH excluding ortho intramolecular Hbond substituents is 1. The summed E-state index contributed by atoms with van der Waals surface area (Å²) in [5, 5.41) is 11.2. The molecule has 0 unspecified atom stereocenters. The van der Waals surface area contributed by atoms with E-state index in [-0.39, 0.29) is 12.3 Å². The van der Waals surface area contributed by atoms with Crippen molar-refractivity contribution in [1.82, 2.24) is 0 Å². The van der Waals surface area contributed by atoms with Gasteiger partial charge in [0, 0.05) is 12.1 Å². The molecule has 2 aromatic rings. The number of nitrogens with one attached hydrogen (secondary N) is 1. The van der Waals surface area contributed by atoms with E-state index in [4.69, 9.17) is 9.84 Å². The van der Waals surface area contributed by atoms with Crippen LogP contribution >= 0.6 is 0 Å². The van der Waals surface area contributed by atoms with E-state index in [2.05, 4.69) is 5.32 Å². The van der Waals surface area contributed by atoms with Gasteiger partial charge < -0.3 is 9.84 Å². The molecule has 104 valence electrons. The zero-order valence-electron chi connectivity index (χ0n) is 10.3. The lowest BCUT2D eigenvalue weighted by Crippen LogP contribution is -2.14. The molecule has 0 heterocycles. The van der Waals surface area contributed by atoms with Crippen molar-refractivity contribution >= 4 is 11.8 Å². The Bertz CT molecular complexity index is 617. The lowest BCUT2D eigenvalue weighted by Gasteiger charge is -2.08. The smallest absolute Gasteiger partial charge is 0.412 e. The number of rotatable bonds is 3. The Morgan fingerprint density at radius 3 is 2.55 bits per heavy atom. The molecule has 1 amide bonds. The quantitative estimate of drug-likeness (QED) is 0.905. The van der Waals surface area contributed by atoms with Crippen molar-refractivity contribution in [2.45, 2.75) is 6.61 Å². The number of phenols is 1. The average Bonchev–Trinajstić information content (AvgIpc) is 2.44. The number of ether oxygens (including phenoxy) is 1. The largest absolute Gasteiger partial charge is 0.505 e. The first-order valence-electron chi connectivity index (χ1n) is 5.72. The van der Waals surface area contributed by atoms with E-state index < -0.39 is 23.5 Å². The second kappa shape index (κ2) is 6.01. The number of benzene rings is 2. The maximum absolute atomic E-state index is 13.3. The van der Waals surface area contributed by atoms with Gasteiger partial charge >= 0.3 is 6.09 Å². The van der Waals surface area contributed by atoms with Gasteiger partial charge in [-0.15, -0.1) is 0 Å². The first-order valence-corrected chi connectivity index (χ1v) is 5.72. The highest BCUT2D eigenvalue weighted by Gasteiger charge is 2.12. The van der Waals surface area contributed by atoms with Crippen LogP contribution in [0.1, 0.15) is 5.56 Å². The third-order valence-corrected chi connectivity index (χ3v) is 2.49. The zero-order chi connectivity index (χ0) is 14.5. The molecule has 0 aromatic heterocycles. The highest BCUT2D eigenvalue weighted by molar-refractivity contribution is 5.85. The number of halogens is 2. The standard InChI is InChI=1S/C14H11F2NO3/c15-10-6-11(16)13(18)7-12(10)17-14(19)20-8-9-4-2-1-3-5-9/h1-7,18H,8H2,(H,17,19). The van der Waals surface area contributed by atoms with Gasteiger partial charge in [-0.1, -0.05) is 30.3 Å². The van der Waals surface area contributed by atoms with Gasteiger partial charge in [-0.25, -0.2) is 13.6 Å². The van der Waals surface area contributed by atoms with Crippen LogP contribution in [-0.2, 0) is 11.3 Å². The number of aromatic hydroxyl groups is 1. The van der Waals surface area contributed by atoms with Gasteiger partial charge in [-0.05, 0) is 5.56 Å². The fourth-order valence-electron chi connectivity index (χ4n) is 1.50. The number of amides is 1. The van der Waals surface area contributed by atoms with E-state index >= 15 is 0 Å². The molecule has 0 radical (unpaired) electrons. The molecule has 0 saturated carbocycles. The fourth-order valence-corrected chi connectivity index (χ4v) is 1.50. The van der Waals surface area contributed by atoms with Crippen molar-refractivity contribution in [3.63, 3.8) is 0 Å². The molecule has 0 saturated heterocycles. The van der Waals surface area contributed by atoms with E-state index in [1.54, 1.807) is 24.3 Å². The molecule has 2 aromatic carbocycles. The van der Waals surface area contributed by atoms with Crippen LogP contribution in [-0.4, -0.2) is 11.2 Å². The Morgan fingerprint density at radius 1 is 1.15 bits per heavy atom. The molecule has 20 heavy (non-hydrogen) atoms. The SMILES string of the molecule is O=C(Nc1cc(O)c(F)cc1F)OCc1ccccc1. The van der Waals surface area contributed by atoms with Crippen LogP contribution < -0.4 is 5.32 Å². The molecule has 2 N–H and O–H groups in total. The fraction of sp³-hybridized carbons (Fsp3) is 0.0714. The molecular formula is C14H11F2NO3. The van der Waals surface area contributed by atoms with Crippen LogP contribution in [0.15, 0.2) is 42.5 Å². The minimum atomic E-state index is -1.11. The maximum atomic E-state index is 13.3. The molecule has 0 bridgehead atoms. The highest BCUT2D eigenvalue weighted by atomic mass is 19.1. The van der Waals surface area contributed by atoms with Crippen molar-refractivity contribution in [3.05, 3.63) is 59.7 Å². The molecule has 0 fully saturated rings. The summed E-state index contributed by atoms with van der Waals surface area (Å²) >= 11 is 0. The summed E-state index contributed by atoms with van der Waals surface area (Å²) < 4.78 is 31.0. The highest BCUT2D eigenvalue weighted by Crippen LogP contribution is 2.24. The van der Waals surface area contributed by atoms with Gasteiger partial charge in [0.2, 0.25) is 0 Å². The van der Waals surface area contributed by atoms with Crippen LogP contribution in [0.2, 0.25) is 0 Å². The average molecular weight is 279 g/mol. The van der Waals surface area contributed by atoms with Gasteiger partial charge in [0.05, 0.1) is 5.69 Å². The van der Waals surface area contributed by atoms with Crippen molar-refractivity contribution < 1.29 is 23.4 Å². The minimum absolute atomic E-state index is 0.0153. The molecule has 0 atom stereocenters. The first kappa shape index (κ1) is 13.8. The molecule has 0 aliphatic heterocycles. The summed E-state index contributed by atoms with van der Waals surface area (Å²) in [5.41, 5.74) is 0.409. The molecule has 2 rings (SSSR count). The molecule has 0 aliphatic rings. The zero-order valence-corrected chi connectivity index (χ0v) is 10.3. The summed E-state index contributed by atoms with van der Waals surface area (Å²) in [6, 6.07) is 10.2. The Morgan fingerprint density at radius 2 is 1.85 bits per heavy atom. The van der Waals surface area contributed by atoms with Crippen LogP contribution in [0.4, 0.5) is 19.3 Å². The Hall–Kier alpha value is -2.63. The van der Waals surface area contributed by atoms with Gasteiger partial charge in [-0.2, -0.15) is 0 Å². The molecule has 6 heteroatoms. The number of carbonyl (C=O) groups is 1. The number of hydrogen-bond acceptors (Lipinski definition) is 3. The second-order valence-corrected chi connectivity index (χ2v) is 3.97. The summed E-state index contributed by atoms with van der Waals surface area (Å²) in [6.07, 6.45) is -0.904. The normalized spacial score (nSPS) is 10.1. The lowest BCUT2D eigenvalue weighted by atomic mass is 10.2. The van der Waals surface area contributed by atoms with Crippen LogP contribution in [0.3, 0.4) is 0 Å². The van der Waals surface area contributed by atoms with E-state index in [0.717, 1.165) is 11.6 Å². The molecule has 4 nitrogen and oxygen atoms in total. The summed E-state index contributed by atoms with van der Waals surface area (Å²) in [6.45, 7) is 0.0153. The predicted octanol–water partition coefficient (Wildman–Crippen LogP) is 3.42. The van der Waals surface area contributed by atoms with Crippen LogP contribution in [0.5, 0.6) is 5.75 Å². The van der Waals surface area contributed by atoms with Gasteiger partial charge in [-0.3, -0.25) is 5.32 Å². The number of anilines is 1. The van der Waals surface area contributed by atoms with Crippen molar-refractivity contribution in [1.29, 1.82) is 0 Å². The maximum Gasteiger partial charge on any atom is 0.412 e. The Balaban J connectivity index is 1.97. The summed E-state index contributed by atoms with van der Waals surface area (Å²) in [7, 11) is 0. The predicted molar refractivity (Wildman–Crippen MR) is 68.3 cm³/mol. The van der Waals surface area contributed by atoms with Crippen molar-refractivity contribution in [2.24, 2.45) is 0 Å². The molecule has 0 spiro atoms. The number of hydrogen-bond donors (Lipinski definition) is 2. The van der Waals surface area contributed by atoms with Gasteiger partial charge in [0.1, 0.15) is 12.4 Å². The number of carbonyl (C=O) groups excluding carboxylic acids is 1. The summed E-state index contributed by atoms with van der Waals surface area (Å²) in [5.74, 6) is -2.87. The van der Waals surface area contributed by atoms with E-state index in [1.165, 1.54) is 0 Å². The van der Waals surface area contributed by atoms with Crippen LogP contribution in [0.25, 0.3) is 0 Å². The first-order chi connectivity index (χ1) is 9.56. The second-order valence-electron chi connectivity index (χ2n) is 3.97. The third kappa shape index (κ3) is 3.44. The van der Waals surface area contributed by atoms with E-state index in [9.17, 15) is 13.6 Å². The van der Waals surface area contributed by atoms with Gasteiger partial charge in [0.25, 0.3) is 0 Å². The topological polar surface area (TPSA) is 58.6 Å². The Kier molecular flexibility index (Phi) is 4.14. The van der Waals surface area contributed by atoms with Crippen molar-refractivity contribution in [2.75, 3.05) is 5.32 Å². The Labute approximate surface area is 113 Å². The van der Waals surface area contributed by atoms with Crippen LogP contribution in [0, 0.1) is 11.6 Å². The lowest BCUT2D eigenvalue weighted by molar-refractivity contribution is 0.155. The van der Waals surface area contributed by atoms with E-state index in [1.807, 2.05) is 6.07 Å².